The minimum atomic E-state index is -0.241. The van der Waals surface area contributed by atoms with Crippen LogP contribution in [-0.2, 0) is 4.79 Å². The van der Waals surface area contributed by atoms with Gasteiger partial charge >= 0.3 is 0 Å². The monoisotopic (exact) mass is 282 g/mol. The number of carbonyl (C=O) groups excluding carboxylic acids is 1. The molecule has 0 aliphatic heterocycles. The van der Waals surface area contributed by atoms with E-state index < -0.39 is 0 Å². The van der Waals surface area contributed by atoms with Gasteiger partial charge in [0, 0.05) is 20.1 Å². The van der Waals surface area contributed by atoms with Crippen LogP contribution in [0.2, 0.25) is 0 Å². The van der Waals surface area contributed by atoms with Crippen molar-refractivity contribution < 1.29 is 4.79 Å². The zero-order valence-corrected chi connectivity index (χ0v) is 12.6. The summed E-state index contributed by atoms with van der Waals surface area (Å²) in [7, 11) is 3.75. The number of carbonyl (C=O) groups is 1. The molecule has 1 amide bonds. The number of amides is 1. The Morgan fingerprint density at radius 1 is 1.00 bits per heavy atom. The molecule has 0 aromatic heterocycles. The third-order valence-electron chi connectivity index (χ3n) is 3.59. The fourth-order valence-electron chi connectivity index (χ4n) is 2.38. The predicted octanol–water partition coefficient (Wildman–Crippen LogP) is 2.50. The minimum absolute atomic E-state index is 0.127. The van der Waals surface area contributed by atoms with E-state index in [9.17, 15) is 4.79 Å². The van der Waals surface area contributed by atoms with Crippen molar-refractivity contribution in [3.8, 4) is 0 Å². The molecule has 0 radical (unpaired) electrons. The summed E-state index contributed by atoms with van der Waals surface area (Å²) in [6.45, 7) is 1.49. The van der Waals surface area contributed by atoms with E-state index in [1.165, 1.54) is 0 Å². The van der Waals surface area contributed by atoms with Crippen LogP contribution in [0.3, 0.4) is 0 Å². The zero-order valence-electron chi connectivity index (χ0n) is 12.6. The second kappa shape index (κ2) is 7.60. The topological polar surface area (TPSA) is 32.3 Å². The second-order valence-corrected chi connectivity index (χ2v) is 5.12. The summed E-state index contributed by atoms with van der Waals surface area (Å²) in [6, 6.07) is 19.9. The van der Waals surface area contributed by atoms with Crippen molar-refractivity contribution in [2.24, 2.45) is 0 Å². The van der Waals surface area contributed by atoms with Gasteiger partial charge < -0.3 is 10.2 Å². The molecule has 2 rings (SSSR count). The van der Waals surface area contributed by atoms with Crippen LogP contribution >= 0.6 is 0 Å². The normalized spacial score (nSPS) is 10.6. The maximum absolute atomic E-state index is 12.8. The fourth-order valence-corrected chi connectivity index (χ4v) is 2.38. The van der Waals surface area contributed by atoms with Gasteiger partial charge in [0.1, 0.15) is 0 Å². The van der Waals surface area contributed by atoms with Crippen LogP contribution in [0.4, 0.5) is 0 Å². The molecule has 0 heterocycles. The number of nitrogens with zero attached hydrogens (tertiary/aromatic N) is 1. The molecule has 21 heavy (non-hydrogen) atoms. The average molecular weight is 282 g/mol. The van der Waals surface area contributed by atoms with Crippen LogP contribution in [0.5, 0.6) is 0 Å². The Morgan fingerprint density at radius 2 is 1.48 bits per heavy atom. The van der Waals surface area contributed by atoms with Gasteiger partial charge in [-0.25, -0.2) is 0 Å². The smallest absolute Gasteiger partial charge is 0.234 e. The first kappa shape index (κ1) is 15.3. The van der Waals surface area contributed by atoms with Crippen molar-refractivity contribution in [2.45, 2.75) is 5.92 Å². The standard InChI is InChI=1S/C18H22N2O/c1-19-13-14-20(2)18(21)17(15-9-5-3-6-10-15)16-11-7-4-8-12-16/h3-12,17,19H,13-14H2,1-2H3. The van der Waals surface area contributed by atoms with E-state index >= 15 is 0 Å². The highest BCUT2D eigenvalue weighted by molar-refractivity contribution is 5.87. The molecule has 3 heteroatoms. The summed E-state index contributed by atoms with van der Waals surface area (Å²) < 4.78 is 0. The quantitative estimate of drug-likeness (QED) is 0.883. The molecular weight excluding hydrogens is 260 g/mol. The van der Waals surface area contributed by atoms with Crippen molar-refractivity contribution in [1.82, 2.24) is 10.2 Å². The maximum atomic E-state index is 12.8. The van der Waals surface area contributed by atoms with E-state index in [2.05, 4.69) is 5.32 Å². The van der Waals surface area contributed by atoms with E-state index in [1.807, 2.05) is 74.8 Å². The van der Waals surface area contributed by atoms with E-state index in [1.54, 1.807) is 4.90 Å². The molecule has 0 aliphatic rings. The highest BCUT2D eigenvalue weighted by Crippen LogP contribution is 2.26. The van der Waals surface area contributed by atoms with Crippen LogP contribution in [0.1, 0.15) is 17.0 Å². The Balaban J connectivity index is 2.31. The van der Waals surface area contributed by atoms with Gasteiger partial charge in [-0.2, -0.15) is 0 Å². The lowest BCUT2D eigenvalue weighted by Gasteiger charge is -2.24. The zero-order chi connectivity index (χ0) is 15.1. The SMILES string of the molecule is CNCCN(C)C(=O)C(c1ccccc1)c1ccccc1. The van der Waals surface area contributed by atoms with Gasteiger partial charge in [0.25, 0.3) is 0 Å². The molecule has 1 N–H and O–H groups in total. The second-order valence-electron chi connectivity index (χ2n) is 5.12. The lowest BCUT2D eigenvalue weighted by Crippen LogP contribution is -2.36. The summed E-state index contributed by atoms with van der Waals surface area (Å²) in [6.07, 6.45) is 0. The Bertz CT molecular complexity index is 514. The molecule has 0 atom stereocenters. The lowest BCUT2D eigenvalue weighted by molar-refractivity contribution is -0.130. The minimum Gasteiger partial charge on any atom is -0.344 e. The molecule has 0 saturated carbocycles. The van der Waals surface area contributed by atoms with Gasteiger partial charge in [0.2, 0.25) is 5.91 Å². The summed E-state index contributed by atoms with van der Waals surface area (Å²) in [5.74, 6) is -0.114. The molecule has 0 fully saturated rings. The van der Waals surface area contributed by atoms with Crippen molar-refractivity contribution in [1.29, 1.82) is 0 Å². The molecule has 0 unspecified atom stereocenters. The van der Waals surface area contributed by atoms with Crippen LogP contribution in [0.15, 0.2) is 60.7 Å². The van der Waals surface area contributed by atoms with Gasteiger partial charge in [-0.15, -0.1) is 0 Å². The van der Waals surface area contributed by atoms with E-state index in [0.717, 1.165) is 17.7 Å². The summed E-state index contributed by atoms with van der Waals surface area (Å²) in [4.78, 5) is 14.6. The van der Waals surface area contributed by atoms with Crippen molar-refractivity contribution >= 4 is 5.91 Å². The van der Waals surface area contributed by atoms with Gasteiger partial charge in [-0.1, -0.05) is 60.7 Å². The van der Waals surface area contributed by atoms with Gasteiger partial charge in [0.15, 0.2) is 0 Å². The number of benzene rings is 2. The predicted molar refractivity (Wildman–Crippen MR) is 86.3 cm³/mol. The third-order valence-corrected chi connectivity index (χ3v) is 3.59. The Hall–Kier alpha value is -2.13. The van der Waals surface area contributed by atoms with Gasteiger partial charge in [-0.05, 0) is 18.2 Å². The first-order valence-corrected chi connectivity index (χ1v) is 7.23. The van der Waals surface area contributed by atoms with Crippen molar-refractivity contribution in [3.63, 3.8) is 0 Å². The first-order valence-electron chi connectivity index (χ1n) is 7.23. The average Bonchev–Trinajstić information content (AvgIpc) is 2.54. The number of hydrogen-bond donors (Lipinski definition) is 1. The Kier molecular flexibility index (Phi) is 5.52. The molecule has 0 saturated heterocycles. The number of nitrogens with one attached hydrogen (secondary N) is 1. The van der Waals surface area contributed by atoms with E-state index in [4.69, 9.17) is 0 Å². The Morgan fingerprint density at radius 3 is 1.90 bits per heavy atom. The van der Waals surface area contributed by atoms with Crippen LogP contribution in [0.25, 0.3) is 0 Å². The largest absolute Gasteiger partial charge is 0.344 e. The number of rotatable bonds is 6. The van der Waals surface area contributed by atoms with Crippen molar-refractivity contribution in [3.05, 3.63) is 71.8 Å². The highest BCUT2D eigenvalue weighted by Gasteiger charge is 2.25. The van der Waals surface area contributed by atoms with Crippen LogP contribution in [0, 0.1) is 0 Å². The van der Waals surface area contributed by atoms with Gasteiger partial charge in [-0.3, -0.25) is 4.79 Å². The highest BCUT2D eigenvalue weighted by atomic mass is 16.2. The molecule has 0 spiro atoms. The van der Waals surface area contributed by atoms with E-state index in [0.29, 0.717) is 6.54 Å². The molecule has 2 aromatic rings. The molecule has 110 valence electrons. The van der Waals surface area contributed by atoms with Gasteiger partial charge in [0.05, 0.1) is 5.92 Å². The third kappa shape index (κ3) is 3.92. The molecule has 0 bridgehead atoms. The van der Waals surface area contributed by atoms with E-state index in [-0.39, 0.29) is 11.8 Å². The fraction of sp³-hybridized carbons (Fsp3) is 0.278. The van der Waals surface area contributed by atoms with Crippen molar-refractivity contribution in [2.75, 3.05) is 27.2 Å². The molecule has 2 aromatic carbocycles. The number of likely N-dealkylation sites (N-methyl/N-ethyl adjacent to an activating group) is 2. The molecular formula is C18H22N2O. The maximum Gasteiger partial charge on any atom is 0.234 e. The number of hydrogen-bond acceptors (Lipinski definition) is 2. The van der Waals surface area contributed by atoms with Crippen LogP contribution in [-0.4, -0.2) is 38.0 Å². The summed E-state index contributed by atoms with van der Waals surface area (Å²) >= 11 is 0. The summed E-state index contributed by atoms with van der Waals surface area (Å²) in [5, 5.41) is 3.08. The lowest BCUT2D eigenvalue weighted by atomic mass is 9.90. The molecule has 0 aliphatic carbocycles. The first-order chi connectivity index (χ1) is 10.2. The Labute approximate surface area is 126 Å². The molecule has 3 nitrogen and oxygen atoms in total. The van der Waals surface area contributed by atoms with Crippen LogP contribution < -0.4 is 5.32 Å². The summed E-state index contributed by atoms with van der Waals surface area (Å²) in [5.41, 5.74) is 2.06.